The summed E-state index contributed by atoms with van der Waals surface area (Å²) in [6.07, 6.45) is -2.87. The number of carboxylic acids is 1. The van der Waals surface area contributed by atoms with Crippen LogP contribution in [-0.4, -0.2) is 34.0 Å². The molecule has 0 aromatic heterocycles. The molecular formula is C13H15NO5. The summed E-state index contributed by atoms with van der Waals surface area (Å²) < 4.78 is 5.25. The Morgan fingerprint density at radius 1 is 1.32 bits per heavy atom. The Labute approximate surface area is 110 Å². The minimum absolute atomic E-state index is 0.278. The number of ether oxygens (including phenoxy) is 1. The molecular weight excluding hydrogens is 250 g/mol. The number of aliphatic carboxylic acids is 1. The molecule has 0 heterocycles. The second-order valence-corrected chi connectivity index (χ2v) is 3.94. The molecule has 2 atom stereocenters. The van der Waals surface area contributed by atoms with Gasteiger partial charge in [-0.2, -0.15) is 5.26 Å². The predicted molar refractivity (Wildman–Crippen MR) is 65.4 cm³/mol. The van der Waals surface area contributed by atoms with Crippen LogP contribution in [0, 0.1) is 11.3 Å². The Hall–Kier alpha value is -2.10. The first-order valence-electron chi connectivity index (χ1n) is 5.72. The third-order valence-electron chi connectivity index (χ3n) is 2.45. The molecule has 0 amide bonds. The SMILES string of the molecule is N#CCCOc1ccc(C(O)C(O)CC(=O)O)cc1. The Morgan fingerprint density at radius 3 is 2.47 bits per heavy atom. The molecule has 0 saturated carbocycles. The lowest BCUT2D eigenvalue weighted by Crippen LogP contribution is -2.21. The van der Waals surface area contributed by atoms with E-state index in [4.69, 9.17) is 15.1 Å². The van der Waals surface area contributed by atoms with Gasteiger partial charge < -0.3 is 20.1 Å². The van der Waals surface area contributed by atoms with Crippen molar-refractivity contribution in [3.8, 4) is 11.8 Å². The molecule has 2 unspecified atom stereocenters. The fraction of sp³-hybridized carbons (Fsp3) is 0.385. The minimum Gasteiger partial charge on any atom is -0.493 e. The van der Waals surface area contributed by atoms with Crippen LogP contribution in [-0.2, 0) is 4.79 Å². The van der Waals surface area contributed by atoms with E-state index in [0.29, 0.717) is 11.3 Å². The first kappa shape index (κ1) is 15.0. The zero-order valence-corrected chi connectivity index (χ0v) is 10.2. The normalized spacial score (nSPS) is 13.3. The van der Waals surface area contributed by atoms with Gasteiger partial charge in [-0.15, -0.1) is 0 Å². The van der Waals surface area contributed by atoms with Crippen molar-refractivity contribution in [3.05, 3.63) is 29.8 Å². The summed E-state index contributed by atoms with van der Waals surface area (Å²) in [5.41, 5.74) is 0.404. The average molecular weight is 265 g/mol. The molecule has 0 aliphatic heterocycles. The second-order valence-electron chi connectivity index (χ2n) is 3.94. The van der Waals surface area contributed by atoms with E-state index in [1.54, 1.807) is 12.1 Å². The molecule has 3 N–H and O–H groups in total. The third-order valence-corrected chi connectivity index (χ3v) is 2.45. The van der Waals surface area contributed by atoms with Gasteiger partial charge in [0.15, 0.2) is 0 Å². The molecule has 102 valence electrons. The van der Waals surface area contributed by atoms with Crippen molar-refractivity contribution < 1.29 is 24.9 Å². The van der Waals surface area contributed by atoms with Crippen LogP contribution in [0.3, 0.4) is 0 Å². The molecule has 0 fully saturated rings. The summed E-state index contributed by atoms with van der Waals surface area (Å²) in [7, 11) is 0. The number of aliphatic hydroxyl groups excluding tert-OH is 2. The summed E-state index contributed by atoms with van der Waals surface area (Å²) >= 11 is 0. The molecule has 6 heteroatoms. The average Bonchev–Trinajstić information content (AvgIpc) is 2.38. The first-order chi connectivity index (χ1) is 9.04. The molecule has 6 nitrogen and oxygen atoms in total. The summed E-state index contributed by atoms with van der Waals surface area (Å²) in [6.45, 7) is 0.278. The maximum atomic E-state index is 10.4. The van der Waals surface area contributed by atoms with E-state index in [9.17, 15) is 15.0 Å². The van der Waals surface area contributed by atoms with Crippen LogP contribution >= 0.6 is 0 Å². The molecule has 0 radical (unpaired) electrons. The molecule has 1 rings (SSSR count). The number of benzene rings is 1. The van der Waals surface area contributed by atoms with Crippen molar-refractivity contribution >= 4 is 5.97 Å². The van der Waals surface area contributed by atoms with Crippen LogP contribution < -0.4 is 4.74 Å². The highest BCUT2D eigenvalue weighted by molar-refractivity contribution is 5.67. The quantitative estimate of drug-likeness (QED) is 0.630. The fourth-order valence-corrected chi connectivity index (χ4v) is 1.49. The fourth-order valence-electron chi connectivity index (χ4n) is 1.49. The number of hydrogen-bond acceptors (Lipinski definition) is 5. The summed E-state index contributed by atoms with van der Waals surface area (Å²) in [5.74, 6) is -0.637. The van der Waals surface area contributed by atoms with Crippen molar-refractivity contribution in [3.63, 3.8) is 0 Å². The number of aliphatic hydroxyl groups is 2. The predicted octanol–water partition coefficient (Wildman–Crippen LogP) is 0.848. The Morgan fingerprint density at radius 2 is 1.95 bits per heavy atom. The zero-order valence-electron chi connectivity index (χ0n) is 10.2. The van der Waals surface area contributed by atoms with Crippen LogP contribution in [0.25, 0.3) is 0 Å². The van der Waals surface area contributed by atoms with E-state index in [2.05, 4.69) is 0 Å². The number of hydrogen-bond donors (Lipinski definition) is 3. The van der Waals surface area contributed by atoms with Gasteiger partial charge >= 0.3 is 5.97 Å². The van der Waals surface area contributed by atoms with Crippen molar-refractivity contribution in [1.29, 1.82) is 5.26 Å². The maximum absolute atomic E-state index is 10.4. The van der Waals surface area contributed by atoms with Gasteiger partial charge in [0.05, 0.1) is 25.0 Å². The summed E-state index contributed by atoms with van der Waals surface area (Å²) in [4.78, 5) is 10.4. The Bertz CT molecular complexity index is 451. The second kappa shape index (κ2) is 7.36. The van der Waals surface area contributed by atoms with E-state index < -0.39 is 24.6 Å². The van der Waals surface area contributed by atoms with Crippen molar-refractivity contribution in [1.82, 2.24) is 0 Å². The number of carbonyl (C=O) groups is 1. The van der Waals surface area contributed by atoms with Crippen LogP contribution in [0.1, 0.15) is 24.5 Å². The molecule has 0 saturated heterocycles. The van der Waals surface area contributed by atoms with Crippen molar-refractivity contribution in [2.75, 3.05) is 6.61 Å². The Kier molecular flexibility index (Phi) is 5.79. The van der Waals surface area contributed by atoms with Crippen LogP contribution in [0.15, 0.2) is 24.3 Å². The highest BCUT2D eigenvalue weighted by atomic mass is 16.5. The van der Waals surface area contributed by atoms with Gasteiger partial charge in [0.1, 0.15) is 18.5 Å². The third kappa shape index (κ3) is 4.95. The van der Waals surface area contributed by atoms with Crippen molar-refractivity contribution in [2.24, 2.45) is 0 Å². The standard InChI is InChI=1S/C13H15NO5/c14-6-1-7-19-10-4-2-9(3-5-10)13(18)11(15)8-12(16)17/h2-5,11,13,15,18H,1,7-8H2,(H,16,17). The molecule has 0 aliphatic carbocycles. The molecule has 0 bridgehead atoms. The number of nitriles is 1. The van der Waals surface area contributed by atoms with Gasteiger partial charge in [-0.05, 0) is 17.7 Å². The smallest absolute Gasteiger partial charge is 0.306 e. The number of nitrogens with zero attached hydrogens (tertiary/aromatic N) is 1. The van der Waals surface area contributed by atoms with Gasteiger partial charge in [-0.1, -0.05) is 12.1 Å². The lowest BCUT2D eigenvalue weighted by molar-refractivity contribution is -0.141. The molecule has 1 aromatic rings. The van der Waals surface area contributed by atoms with E-state index in [-0.39, 0.29) is 13.0 Å². The maximum Gasteiger partial charge on any atom is 0.306 e. The number of rotatable bonds is 7. The minimum atomic E-state index is -1.36. The largest absolute Gasteiger partial charge is 0.493 e. The summed E-state index contributed by atoms with van der Waals surface area (Å²) in [6, 6.07) is 8.20. The van der Waals surface area contributed by atoms with Crippen LogP contribution in [0.2, 0.25) is 0 Å². The van der Waals surface area contributed by atoms with Crippen molar-refractivity contribution in [2.45, 2.75) is 25.0 Å². The van der Waals surface area contributed by atoms with E-state index >= 15 is 0 Å². The molecule has 0 spiro atoms. The molecule has 1 aromatic carbocycles. The highest BCUT2D eigenvalue weighted by Crippen LogP contribution is 2.21. The van der Waals surface area contributed by atoms with E-state index in [0.717, 1.165) is 0 Å². The molecule has 0 aliphatic rings. The van der Waals surface area contributed by atoms with E-state index in [1.165, 1.54) is 12.1 Å². The van der Waals surface area contributed by atoms with Crippen LogP contribution in [0.5, 0.6) is 5.75 Å². The Balaban J connectivity index is 2.60. The topological polar surface area (TPSA) is 111 Å². The zero-order chi connectivity index (χ0) is 14.3. The summed E-state index contributed by atoms with van der Waals surface area (Å²) in [5, 5.41) is 36.1. The van der Waals surface area contributed by atoms with E-state index in [1.807, 2.05) is 6.07 Å². The van der Waals surface area contributed by atoms with Crippen LogP contribution in [0.4, 0.5) is 0 Å². The first-order valence-corrected chi connectivity index (χ1v) is 5.72. The molecule has 19 heavy (non-hydrogen) atoms. The van der Waals surface area contributed by atoms with Gasteiger partial charge in [-0.25, -0.2) is 0 Å². The van der Waals surface area contributed by atoms with Gasteiger partial charge in [0.25, 0.3) is 0 Å². The highest BCUT2D eigenvalue weighted by Gasteiger charge is 2.20. The number of carboxylic acid groups (broad SMARTS) is 1. The lowest BCUT2D eigenvalue weighted by atomic mass is 10.0. The van der Waals surface area contributed by atoms with Gasteiger partial charge in [0, 0.05) is 0 Å². The lowest BCUT2D eigenvalue weighted by Gasteiger charge is -2.16. The van der Waals surface area contributed by atoms with Gasteiger partial charge in [0.2, 0.25) is 0 Å². The monoisotopic (exact) mass is 265 g/mol. The van der Waals surface area contributed by atoms with Gasteiger partial charge in [-0.3, -0.25) is 4.79 Å².